The highest BCUT2D eigenvalue weighted by Gasteiger charge is 2.10. The summed E-state index contributed by atoms with van der Waals surface area (Å²) in [5.74, 6) is 0. The molecule has 0 bridgehead atoms. The van der Waals surface area contributed by atoms with Crippen LogP contribution in [0.1, 0.15) is 29.2 Å². The Morgan fingerprint density at radius 1 is 1.11 bits per heavy atom. The Morgan fingerprint density at radius 3 is 2.50 bits per heavy atom. The summed E-state index contributed by atoms with van der Waals surface area (Å²) >= 11 is 0. The predicted octanol–water partition coefficient (Wildman–Crippen LogP) is 3.28. The Labute approximate surface area is 109 Å². The van der Waals surface area contributed by atoms with E-state index in [2.05, 4.69) is 53.6 Å². The lowest BCUT2D eigenvalue weighted by molar-refractivity contribution is 0.546. The Morgan fingerprint density at radius 2 is 1.83 bits per heavy atom. The molecule has 1 aromatic heterocycles. The zero-order valence-electron chi connectivity index (χ0n) is 11.1. The molecule has 0 fully saturated rings. The van der Waals surface area contributed by atoms with Gasteiger partial charge in [-0.1, -0.05) is 24.3 Å². The fourth-order valence-electron chi connectivity index (χ4n) is 2.29. The SMILES string of the molecule is CNC(CCc1ccncc1)c1ccccc1C. The minimum atomic E-state index is 0.416. The first-order valence-corrected chi connectivity index (χ1v) is 6.43. The number of rotatable bonds is 5. The first-order chi connectivity index (χ1) is 8.81. The number of nitrogens with zero attached hydrogens (tertiary/aromatic N) is 1. The molecule has 18 heavy (non-hydrogen) atoms. The van der Waals surface area contributed by atoms with E-state index >= 15 is 0 Å². The van der Waals surface area contributed by atoms with Crippen LogP contribution >= 0.6 is 0 Å². The van der Waals surface area contributed by atoms with Crippen LogP contribution in [0.3, 0.4) is 0 Å². The summed E-state index contributed by atoms with van der Waals surface area (Å²) in [5.41, 5.74) is 4.10. The topological polar surface area (TPSA) is 24.9 Å². The molecule has 2 heteroatoms. The number of aromatic nitrogens is 1. The second-order valence-electron chi connectivity index (χ2n) is 4.59. The molecule has 0 aliphatic heterocycles. The van der Waals surface area contributed by atoms with Gasteiger partial charge in [-0.25, -0.2) is 0 Å². The van der Waals surface area contributed by atoms with Crippen molar-refractivity contribution in [2.24, 2.45) is 0 Å². The maximum atomic E-state index is 4.05. The van der Waals surface area contributed by atoms with E-state index in [1.807, 2.05) is 19.4 Å². The molecule has 1 N–H and O–H groups in total. The van der Waals surface area contributed by atoms with Gasteiger partial charge in [0.15, 0.2) is 0 Å². The molecule has 1 unspecified atom stereocenters. The number of nitrogens with one attached hydrogen (secondary N) is 1. The zero-order valence-corrected chi connectivity index (χ0v) is 11.1. The van der Waals surface area contributed by atoms with Crippen LogP contribution in [0.4, 0.5) is 0 Å². The van der Waals surface area contributed by atoms with Gasteiger partial charge in [0.1, 0.15) is 0 Å². The minimum absolute atomic E-state index is 0.416. The van der Waals surface area contributed by atoms with Crippen molar-refractivity contribution >= 4 is 0 Å². The first kappa shape index (κ1) is 12.8. The van der Waals surface area contributed by atoms with E-state index in [1.54, 1.807) is 0 Å². The molecule has 1 heterocycles. The molecule has 0 saturated heterocycles. The third-order valence-electron chi connectivity index (χ3n) is 3.38. The van der Waals surface area contributed by atoms with Crippen LogP contribution < -0.4 is 5.32 Å². The largest absolute Gasteiger partial charge is 0.313 e. The molecule has 0 amide bonds. The quantitative estimate of drug-likeness (QED) is 0.867. The zero-order chi connectivity index (χ0) is 12.8. The third kappa shape index (κ3) is 3.17. The standard InChI is InChI=1S/C16H20N2/c1-13-5-3-4-6-15(13)16(17-2)8-7-14-9-11-18-12-10-14/h3-6,9-12,16-17H,7-8H2,1-2H3. The second-order valence-corrected chi connectivity index (χ2v) is 4.59. The molecule has 94 valence electrons. The van der Waals surface area contributed by atoms with Gasteiger partial charge in [0.25, 0.3) is 0 Å². The van der Waals surface area contributed by atoms with Gasteiger partial charge in [-0.3, -0.25) is 4.98 Å². The molecule has 0 saturated carbocycles. The summed E-state index contributed by atoms with van der Waals surface area (Å²) in [6.07, 6.45) is 5.89. The van der Waals surface area contributed by atoms with Crippen molar-refractivity contribution in [1.29, 1.82) is 0 Å². The van der Waals surface area contributed by atoms with Crippen molar-refractivity contribution in [2.75, 3.05) is 7.05 Å². The molecule has 0 aliphatic rings. The maximum Gasteiger partial charge on any atom is 0.0323 e. The van der Waals surface area contributed by atoms with E-state index in [9.17, 15) is 0 Å². The van der Waals surface area contributed by atoms with Crippen LogP contribution in [-0.4, -0.2) is 12.0 Å². The fraction of sp³-hybridized carbons (Fsp3) is 0.312. The summed E-state index contributed by atoms with van der Waals surface area (Å²) in [6.45, 7) is 2.17. The Hall–Kier alpha value is -1.67. The van der Waals surface area contributed by atoms with Gasteiger partial charge in [0.05, 0.1) is 0 Å². The molecule has 2 rings (SSSR count). The monoisotopic (exact) mass is 240 g/mol. The van der Waals surface area contributed by atoms with Gasteiger partial charge < -0.3 is 5.32 Å². The summed E-state index contributed by atoms with van der Waals surface area (Å²) in [4.78, 5) is 4.05. The molecule has 2 aromatic rings. The lowest BCUT2D eigenvalue weighted by Crippen LogP contribution is -2.18. The molecule has 0 spiro atoms. The van der Waals surface area contributed by atoms with E-state index in [4.69, 9.17) is 0 Å². The predicted molar refractivity (Wildman–Crippen MR) is 75.5 cm³/mol. The van der Waals surface area contributed by atoms with E-state index in [1.165, 1.54) is 16.7 Å². The second kappa shape index (κ2) is 6.31. The van der Waals surface area contributed by atoms with Crippen molar-refractivity contribution in [3.8, 4) is 0 Å². The summed E-state index contributed by atoms with van der Waals surface area (Å²) in [7, 11) is 2.03. The molecule has 1 atom stereocenters. The molecular weight excluding hydrogens is 220 g/mol. The van der Waals surface area contributed by atoms with Crippen molar-refractivity contribution in [3.63, 3.8) is 0 Å². The maximum absolute atomic E-state index is 4.05. The lowest BCUT2D eigenvalue weighted by atomic mass is 9.96. The lowest BCUT2D eigenvalue weighted by Gasteiger charge is -2.18. The molecule has 2 nitrogen and oxygen atoms in total. The molecular formula is C16H20N2. The van der Waals surface area contributed by atoms with Gasteiger partial charge in [0, 0.05) is 18.4 Å². The summed E-state index contributed by atoms with van der Waals surface area (Å²) < 4.78 is 0. The average Bonchev–Trinajstić information content (AvgIpc) is 2.42. The number of aryl methyl sites for hydroxylation is 2. The molecule has 0 radical (unpaired) electrons. The highest BCUT2D eigenvalue weighted by Crippen LogP contribution is 2.21. The van der Waals surface area contributed by atoms with Crippen LogP contribution in [0.25, 0.3) is 0 Å². The van der Waals surface area contributed by atoms with Crippen LogP contribution in [0, 0.1) is 6.92 Å². The Kier molecular flexibility index (Phi) is 4.48. The van der Waals surface area contributed by atoms with Crippen LogP contribution in [0.5, 0.6) is 0 Å². The fourth-order valence-corrected chi connectivity index (χ4v) is 2.29. The Balaban J connectivity index is 2.04. The van der Waals surface area contributed by atoms with Crippen molar-refractivity contribution in [1.82, 2.24) is 10.3 Å². The molecule has 1 aromatic carbocycles. The van der Waals surface area contributed by atoms with Gasteiger partial charge >= 0.3 is 0 Å². The van der Waals surface area contributed by atoms with E-state index in [0.717, 1.165) is 12.8 Å². The van der Waals surface area contributed by atoms with Crippen molar-refractivity contribution in [3.05, 3.63) is 65.5 Å². The van der Waals surface area contributed by atoms with Gasteiger partial charge in [-0.05, 0) is 55.6 Å². The third-order valence-corrected chi connectivity index (χ3v) is 3.38. The summed E-state index contributed by atoms with van der Waals surface area (Å²) in [6, 6.07) is 13.2. The normalized spacial score (nSPS) is 12.3. The summed E-state index contributed by atoms with van der Waals surface area (Å²) in [5, 5.41) is 3.41. The van der Waals surface area contributed by atoms with E-state index in [0.29, 0.717) is 6.04 Å². The minimum Gasteiger partial charge on any atom is -0.313 e. The highest BCUT2D eigenvalue weighted by atomic mass is 14.9. The number of hydrogen-bond donors (Lipinski definition) is 1. The van der Waals surface area contributed by atoms with E-state index < -0.39 is 0 Å². The average molecular weight is 240 g/mol. The molecule has 0 aliphatic carbocycles. The number of benzene rings is 1. The van der Waals surface area contributed by atoms with Gasteiger partial charge in [-0.2, -0.15) is 0 Å². The first-order valence-electron chi connectivity index (χ1n) is 6.43. The van der Waals surface area contributed by atoms with Crippen molar-refractivity contribution in [2.45, 2.75) is 25.8 Å². The van der Waals surface area contributed by atoms with Gasteiger partial charge in [-0.15, -0.1) is 0 Å². The van der Waals surface area contributed by atoms with E-state index in [-0.39, 0.29) is 0 Å². The number of pyridine rings is 1. The highest BCUT2D eigenvalue weighted by molar-refractivity contribution is 5.29. The smallest absolute Gasteiger partial charge is 0.0323 e. The van der Waals surface area contributed by atoms with Crippen LogP contribution in [0.15, 0.2) is 48.8 Å². The Bertz CT molecular complexity index is 479. The number of hydrogen-bond acceptors (Lipinski definition) is 2. The van der Waals surface area contributed by atoms with Crippen molar-refractivity contribution < 1.29 is 0 Å². The van der Waals surface area contributed by atoms with Crippen LogP contribution in [0.2, 0.25) is 0 Å². The van der Waals surface area contributed by atoms with Gasteiger partial charge in [0.2, 0.25) is 0 Å². The van der Waals surface area contributed by atoms with Crippen LogP contribution in [-0.2, 0) is 6.42 Å².